The van der Waals surface area contributed by atoms with Gasteiger partial charge in [-0.2, -0.15) is 0 Å². The lowest BCUT2D eigenvalue weighted by molar-refractivity contribution is 0.419. The van der Waals surface area contributed by atoms with Crippen molar-refractivity contribution in [2.75, 3.05) is 0 Å². The molecule has 19 heavy (non-hydrogen) atoms. The molecule has 3 saturated carbocycles. The average Bonchev–Trinajstić information content (AvgIpc) is 3.11. The quantitative estimate of drug-likeness (QED) is 0.851. The Labute approximate surface area is 116 Å². The lowest BCUT2D eigenvalue weighted by atomic mass is 9.79. The second-order valence-corrected chi connectivity index (χ2v) is 7.01. The van der Waals surface area contributed by atoms with Crippen molar-refractivity contribution in [1.29, 1.82) is 0 Å². The molecule has 1 nitrogen and oxygen atoms in total. The fraction of sp³-hybridized carbons (Fsp3) is 0.667. The molecule has 0 radical (unpaired) electrons. The van der Waals surface area contributed by atoms with E-state index in [0.29, 0.717) is 6.04 Å². The molecule has 0 saturated heterocycles. The van der Waals surface area contributed by atoms with Crippen LogP contribution in [0.2, 0.25) is 0 Å². The van der Waals surface area contributed by atoms with Gasteiger partial charge in [0.05, 0.1) is 0 Å². The van der Waals surface area contributed by atoms with Crippen molar-refractivity contribution in [1.82, 2.24) is 0 Å². The third-order valence-corrected chi connectivity index (χ3v) is 6.04. The number of hydrogen-bond acceptors (Lipinski definition) is 1. The first-order valence-corrected chi connectivity index (χ1v) is 8.20. The first-order valence-electron chi connectivity index (χ1n) is 8.20. The van der Waals surface area contributed by atoms with E-state index in [-0.39, 0.29) is 0 Å². The molecule has 3 unspecified atom stereocenters. The number of rotatable bonds is 3. The molecule has 1 aromatic carbocycles. The maximum Gasteiger partial charge on any atom is 0.0329 e. The van der Waals surface area contributed by atoms with E-state index in [2.05, 4.69) is 24.3 Å². The molecule has 3 aliphatic carbocycles. The van der Waals surface area contributed by atoms with Crippen molar-refractivity contribution in [3.05, 3.63) is 35.4 Å². The predicted molar refractivity (Wildman–Crippen MR) is 78.9 cm³/mol. The van der Waals surface area contributed by atoms with E-state index in [1.807, 2.05) is 0 Å². The van der Waals surface area contributed by atoms with Crippen LogP contribution in [0.5, 0.6) is 0 Å². The summed E-state index contributed by atoms with van der Waals surface area (Å²) in [7, 11) is 0. The van der Waals surface area contributed by atoms with Gasteiger partial charge in [-0.3, -0.25) is 0 Å². The summed E-state index contributed by atoms with van der Waals surface area (Å²) in [4.78, 5) is 0. The Morgan fingerprint density at radius 2 is 1.47 bits per heavy atom. The molecule has 1 aromatic rings. The standard InChI is InChI=1S/C18H25N/c19-18(17-15-6-1-2-7-16(15)17)14-10-8-13(9-11-14)12-4-3-5-12/h8-12,15-18H,1-7,19H2. The summed E-state index contributed by atoms with van der Waals surface area (Å²) in [6.07, 6.45) is 9.93. The second-order valence-electron chi connectivity index (χ2n) is 7.01. The van der Waals surface area contributed by atoms with Gasteiger partial charge in [-0.05, 0) is 60.5 Å². The Hall–Kier alpha value is -0.820. The number of benzene rings is 1. The van der Waals surface area contributed by atoms with Gasteiger partial charge in [0.2, 0.25) is 0 Å². The normalized spacial score (nSPS) is 35.3. The maximum atomic E-state index is 6.53. The van der Waals surface area contributed by atoms with Crippen LogP contribution in [-0.2, 0) is 0 Å². The topological polar surface area (TPSA) is 26.0 Å². The number of hydrogen-bond donors (Lipinski definition) is 1. The first-order chi connectivity index (χ1) is 9.34. The van der Waals surface area contributed by atoms with Crippen LogP contribution in [0.1, 0.15) is 68.0 Å². The van der Waals surface area contributed by atoms with Crippen LogP contribution in [0.4, 0.5) is 0 Å². The Balaban J connectivity index is 1.46. The van der Waals surface area contributed by atoms with E-state index in [9.17, 15) is 0 Å². The highest BCUT2D eigenvalue weighted by molar-refractivity contribution is 5.30. The fourth-order valence-electron chi connectivity index (χ4n) is 4.53. The van der Waals surface area contributed by atoms with Crippen molar-refractivity contribution < 1.29 is 0 Å². The summed E-state index contributed by atoms with van der Waals surface area (Å²) >= 11 is 0. The molecule has 4 rings (SSSR count). The zero-order valence-electron chi connectivity index (χ0n) is 11.7. The lowest BCUT2D eigenvalue weighted by Crippen LogP contribution is -2.15. The largest absolute Gasteiger partial charge is 0.324 e. The van der Waals surface area contributed by atoms with Crippen LogP contribution < -0.4 is 5.73 Å². The third kappa shape index (κ3) is 2.03. The summed E-state index contributed by atoms with van der Waals surface area (Å²) < 4.78 is 0. The van der Waals surface area contributed by atoms with Gasteiger partial charge >= 0.3 is 0 Å². The lowest BCUT2D eigenvalue weighted by Gasteiger charge is -2.26. The Kier molecular flexibility index (Phi) is 2.91. The summed E-state index contributed by atoms with van der Waals surface area (Å²) in [6.45, 7) is 0. The van der Waals surface area contributed by atoms with Crippen molar-refractivity contribution >= 4 is 0 Å². The summed E-state index contributed by atoms with van der Waals surface area (Å²) in [5.74, 6) is 3.54. The average molecular weight is 255 g/mol. The monoisotopic (exact) mass is 255 g/mol. The summed E-state index contributed by atoms with van der Waals surface area (Å²) in [5, 5.41) is 0. The SMILES string of the molecule is NC(c1ccc(C2CCC2)cc1)C1C2CCCCC21. The van der Waals surface area contributed by atoms with Crippen molar-refractivity contribution in [2.24, 2.45) is 23.5 Å². The molecule has 2 N–H and O–H groups in total. The van der Waals surface area contributed by atoms with Gasteiger partial charge in [0, 0.05) is 6.04 Å². The zero-order chi connectivity index (χ0) is 12.8. The van der Waals surface area contributed by atoms with Crippen LogP contribution in [0.15, 0.2) is 24.3 Å². The maximum absolute atomic E-state index is 6.53. The minimum atomic E-state index is 0.295. The van der Waals surface area contributed by atoms with Crippen molar-refractivity contribution in [3.63, 3.8) is 0 Å². The van der Waals surface area contributed by atoms with E-state index in [0.717, 1.165) is 23.7 Å². The highest BCUT2D eigenvalue weighted by Gasteiger charge is 2.53. The van der Waals surface area contributed by atoms with Gasteiger partial charge in [0.15, 0.2) is 0 Å². The molecule has 1 heteroatoms. The van der Waals surface area contributed by atoms with Gasteiger partial charge in [-0.15, -0.1) is 0 Å². The fourth-order valence-corrected chi connectivity index (χ4v) is 4.53. The molecule has 0 aliphatic heterocycles. The van der Waals surface area contributed by atoms with E-state index in [1.165, 1.54) is 56.1 Å². The van der Waals surface area contributed by atoms with E-state index in [1.54, 1.807) is 0 Å². The van der Waals surface area contributed by atoms with Crippen LogP contribution in [0.3, 0.4) is 0 Å². The van der Waals surface area contributed by atoms with Crippen LogP contribution in [0.25, 0.3) is 0 Å². The van der Waals surface area contributed by atoms with Crippen molar-refractivity contribution in [2.45, 2.75) is 56.9 Å². The summed E-state index contributed by atoms with van der Waals surface area (Å²) in [5.41, 5.74) is 9.45. The molecule has 3 aliphatic rings. The zero-order valence-corrected chi connectivity index (χ0v) is 11.7. The summed E-state index contributed by atoms with van der Waals surface area (Å²) in [6, 6.07) is 9.59. The number of fused-ring (bicyclic) bond motifs is 1. The van der Waals surface area contributed by atoms with Crippen LogP contribution >= 0.6 is 0 Å². The van der Waals surface area contributed by atoms with E-state index >= 15 is 0 Å². The molecule has 0 bridgehead atoms. The highest BCUT2D eigenvalue weighted by atomic mass is 14.7. The molecule has 0 spiro atoms. The van der Waals surface area contributed by atoms with E-state index in [4.69, 9.17) is 5.73 Å². The van der Waals surface area contributed by atoms with Gasteiger partial charge < -0.3 is 5.73 Å². The molecule has 3 atom stereocenters. The Morgan fingerprint density at radius 3 is 2.00 bits per heavy atom. The molecule has 102 valence electrons. The minimum Gasteiger partial charge on any atom is -0.324 e. The van der Waals surface area contributed by atoms with E-state index < -0.39 is 0 Å². The predicted octanol–water partition coefficient (Wildman–Crippen LogP) is 4.39. The molecular weight excluding hydrogens is 230 g/mol. The van der Waals surface area contributed by atoms with Crippen molar-refractivity contribution in [3.8, 4) is 0 Å². The van der Waals surface area contributed by atoms with Crippen LogP contribution in [-0.4, -0.2) is 0 Å². The smallest absolute Gasteiger partial charge is 0.0329 e. The van der Waals surface area contributed by atoms with Crippen LogP contribution in [0, 0.1) is 17.8 Å². The van der Waals surface area contributed by atoms with Gasteiger partial charge in [-0.25, -0.2) is 0 Å². The van der Waals surface area contributed by atoms with Gasteiger partial charge in [0.1, 0.15) is 0 Å². The minimum absolute atomic E-state index is 0.295. The molecule has 3 fully saturated rings. The highest BCUT2D eigenvalue weighted by Crippen LogP contribution is 2.59. The Morgan fingerprint density at radius 1 is 0.842 bits per heavy atom. The third-order valence-electron chi connectivity index (χ3n) is 6.04. The molecule has 0 heterocycles. The number of nitrogens with two attached hydrogens (primary N) is 1. The first kappa shape index (κ1) is 12.0. The second kappa shape index (κ2) is 4.63. The molecule has 0 amide bonds. The molecular formula is C18H25N. The van der Waals surface area contributed by atoms with Gasteiger partial charge in [-0.1, -0.05) is 43.5 Å². The molecule has 0 aromatic heterocycles. The van der Waals surface area contributed by atoms with Gasteiger partial charge in [0.25, 0.3) is 0 Å². The Bertz CT molecular complexity index is 433.